The smallest absolute Gasteiger partial charge is 0.256 e. The Morgan fingerprint density at radius 1 is 1.13 bits per heavy atom. The van der Waals surface area contributed by atoms with Gasteiger partial charge in [0.25, 0.3) is 5.91 Å². The Morgan fingerprint density at radius 2 is 1.93 bits per heavy atom. The van der Waals surface area contributed by atoms with E-state index in [1.54, 1.807) is 44.0 Å². The molecule has 0 radical (unpaired) electrons. The predicted octanol–water partition coefficient (Wildman–Crippen LogP) is 4.65. The maximum absolute atomic E-state index is 13.9. The van der Waals surface area contributed by atoms with Gasteiger partial charge in [-0.3, -0.25) is 9.48 Å². The number of aromatic nitrogens is 3. The number of methoxy groups -OCH3 is 1. The fourth-order valence-electron chi connectivity index (χ4n) is 3.42. The van der Waals surface area contributed by atoms with Gasteiger partial charge in [-0.15, -0.1) is 0 Å². The standard InChI is InChI=1S/C23H21FN4O2/c1-13-8-9-16(11-19(13)24)25-23(29)18-12-20(15-6-5-7-17(10-15)30-4)26-22-21(18)14(2)27-28(22)3/h5-12H,1-4H3,(H,25,29). The highest BCUT2D eigenvalue weighted by Crippen LogP contribution is 2.29. The van der Waals surface area contributed by atoms with E-state index in [0.29, 0.717) is 45.0 Å². The second-order valence-electron chi connectivity index (χ2n) is 7.11. The van der Waals surface area contributed by atoms with Gasteiger partial charge < -0.3 is 10.1 Å². The average molecular weight is 404 g/mol. The molecule has 0 atom stereocenters. The van der Waals surface area contributed by atoms with Crippen LogP contribution in [0.3, 0.4) is 0 Å². The van der Waals surface area contributed by atoms with Crippen LogP contribution in [-0.2, 0) is 7.05 Å². The summed E-state index contributed by atoms with van der Waals surface area (Å²) in [4.78, 5) is 17.9. The van der Waals surface area contributed by atoms with Crippen LogP contribution in [0.1, 0.15) is 21.6 Å². The SMILES string of the molecule is COc1cccc(-c2cc(C(=O)Nc3ccc(C)c(F)c3)c3c(C)nn(C)c3n2)c1. The van der Waals surface area contributed by atoms with Crippen molar-refractivity contribution in [1.82, 2.24) is 14.8 Å². The third kappa shape index (κ3) is 3.50. The molecule has 1 N–H and O–H groups in total. The van der Waals surface area contributed by atoms with Crippen LogP contribution in [0.4, 0.5) is 10.1 Å². The van der Waals surface area contributed by atoms with Gasteiger partial charge in [-0.05, 0) is 49.7 Å². The number of amides is 1. The number of hydrogen-bond donors (Lipinski definition) is 1. The van der Waals surface area contributed by atoms with Crippen LogP contribution in [0, 0.1) is 19.7 Å². The number of halogens is 1. The Kier molecular flexibility index (Phi) is 4.95. The number of nitrogens with one attached hydrogen (secondary N) is 1. The Labute approximate surface area is 173 Å². The molecule has 0 aliphatic carbocycles. The van der Waals surface area contributed by atoms with Crippen molar-refractivity contribution in [3.63, 3.8) is 0 Å². The maximum atomic E-state index is 13.9. The lowest BCUT2D eigenvalue weighted by molar-refractivity contribution is 0.102. The van der Waals surface area contributed by atoms with Gasteiger partial charge >= 0.3 is 0 Å². The number of hydrogen-bond acceptors (Lipinski definition) is 4. The van der Waals surface area contributed by atoms with Crippen molar-refractivity contribution < 1.29 is 13.9 Å². The van der Waals surface area contributed by atoms with Crippen LogP contribution in [0.5, 0.6) is 5.75 Å². The van der Waals surface area contributed by atoms with Gasteiger partial charge in [-0.1, -0.05) is 18.2 Å². The van der Waals surface area contributed by atoms with E-state index in [1.165, 1.54) is 6.07 Å². The number of ether oxygens (including phenoxy) is 1. The lowest BCUT2D eigenvalue weighted by atomic mass is 10.0. The van der Waals surface area contributed by atoms with Crippen molar-refractivity contribution in [2.75, 3.05) is 12.4 Å². The number of rotatable bonds is 4. The summed E-state index contributed by atoms with van der Waals surface area (Å²) in [6.07, 6.45) is 0. The summed E-state index contributed by atoms with van der Waals surface area (Å²) < 4.78 is 20.9. The normalized spacial score (nSPS) is 11.0. The molecule has 4 rings (SSSR count). The summed E-state index contributed by atoms with van der Waals surface area (Å²) in [5.41, 5.74) is 4.03. The Morgan fingerprint density at radius 3 is 2.67 bits per heavy atom. The number of carbonyl (C=O) groups excluding carboxylic acids is 1. The third-order valence-corrected chi connectivity index (χ3v) is 5.01. The molecular weight excluding hydrogens is 383 g/mol. The van der Waals surface area contributed by atoms with E-state index < -0.39 is 0 Å². The molecule has 0 aliphatic rings. The molecule has 0 saturated heterocycles. The zero-order chi connectivity index (χ0) is 21.4. The van der Waals surface area contributed by atoms with Gasteiger partial charge in [-0.25, -0.2) is 9.37 Å². The van der Waals surface area contributed by atoms with Gasteiger partial charge in [0.15, 0.2) is 5.65 Å². The van der Waals surface area contributed by atoms with Gasteiger partial charge in [0.1, 0.15) is 11.6 Å². The third-order valence-electron chi connectivity index (χ3n) is 5.01. The highest BCUT2D eigenvalue weighted by molar-refractivity contribution is 6.13. The van der Waals surface area contributed by atoms with Crippen molar-refractivity contribution in [2.24, 2.45) is 7.05 Å². The molecule has 7 heteroatoms. The molecule has 1 amide bonds. The highest BCUT2D eigenvalue weighted by atomic mass is 19.1. The summed E-state index contributed by atoms with van der Waals surface area (Å²) in [6, 6.07) is 13.8. The van der Waals surface area contributed by atoms with Crippen LogP contribution in [0.15, 0.2) is 48.5 Å². The monoisotopic (exact) mass is 404 g/mol. The second-order valence-corrected chi connectivity index (χ2v) is 7.11. The first-order valence-electron chi connectivity index (χ1n) is 9.43. The van der Waals surface area contributed by atoms with Gasteiger partial charge in [-0.2, -0.15) is 5.10 Å². The number of benzene rings is 2. The fourth-order valence-corrected chi connectivity index (χ4v) is 3.42. The number of pyridine rings is 1. The van der Waals surface area contributed by atoms with E-state index in [-0.39, 0.29) is 11.7 Å². The molecule has 0 saturated carbocycles. The van der Waals surface area contributed by atoms with Crippen LogP contribution in [0.2, 0.25) is 0 Å². The Bertz CT molecular complexity index is 1280. The summed E-state index contributed by atoms with van der Waals surface area (Å²) in [7, 11) is 3.38. The van der Waals surface area contributed by atoms with Crippen molar-refractivity contribution in [1.29, 1.82) is 0 Å². The molecule has 0 unspecified atom stereocenters. The molecule has 2 aromatic carbocycles. The van der Waals surface area contributed by atoms with Crippen LogP contribution in [0.25, 0.3) is 22.3 Å². The zero-order valence-electron chi connectivity index (χ0n) is 17.2. The first-order valence-corrected chi connectivity index (χ1v) is 9.43. The molecule has 6 nitrogen and oxygen atoms in total. The molecule has 0 bridgehead atoms. The maximum Gasteiger partial charge on any atom is 0.256 e. The molecule has 152 valence electrons. The van der Waals surface area contributed by atoms with Crippen LogP contribution >= 0.6 is 0 Å². The molecule has 0 spiro atoms. The zero-order valence-corrected chi connectivity index (χ0v) is 17.2. The number of aryl methyl sites for hydroxylation is 3. The molecule has 4 aromatic rings. The second kappa shape index (κ2) is 7.59. The summed E-state index contributed by atoms with van der Waals surface area (Å²) in [6.45, 7) is 3.50. The Hall–Kier alpha value is -3.74. The molecule has 0 fully saturated rings. The highest BCUT2D eigenvalue weighted by Gasteiger charge is 2.20. The van der Waals surface area contributed by atoms with E-state index in [4.69, 9.17) is 9.72 Å². The number of fused-ring (bicyclic) bond motifs is 1. The minimum atomic E-state index is -0.373. The lowest BCUT2D eigenvalue weighted by Gasteiger charge is -2.11. The summed E-state index contributed by atoms with van der Waals surface area (Å²) in [5.74, 6) is -0.0371. The van der Waals surface area contributed by atoms with E-state index in [2.05, 4.69) is 10.4 Å². The van der Waals surface area contributed by atoms with Crippen molar-refractivity contribution >= 4 is 22.6 Å². The lowest BCUT2D eigenvalue weighted by Crippen LogP contribution is -2.13. The number of carbonyl (C=O) groups is 1. The minimum absolute atomic E-state index is 0.356. The quantitative estimate of drug-likeness (QED) is 0.537. The van der Waals surface area contributed by atoms with E-state index >= 15 is 0 Å². The van der Waals surface area contributed by atoms with Crippen molar-refractivity contribution in [2.45, 2.75) is 13.8 Å². The van der Waals surface area contributed by atoms with Gasteiger partial charge in [0.2, 0.25) is 0 Å². The summed E-state index contributed by atoms with van der Waals surface area (Å²) >= 11 is 0. The molecule has 2 heterocycles. The van der Waals surface area contributed by atoms with Crippen molar-refractivity contribution in [3.05, 3.63) is 71.2 Å². The van der Waals surface area contributed by atoms with Crippen molar-refractivity contribution in [3.8, 4) is 17.0 Å². The number of nitrogens with zero attached hydrogens (tertiary/aromatic N) is 3. The van der Waals surface area contributed by atoms with Gasteiger partial charge in [0, 0.05) is 18.3 Å². The number of anilines is 1. The van der Waals surface area contributed by atoms with E-state index in [1.807, 2.05) is 31.2 Å². The topological polar surface area (TPSA) is 69.0 Å². The van der Waals surface area contributed by atoms with Gasteiger partial charge in [0.05, 0.1) is 29.4 Å². The Balaban J connectivity index is 1.84. The minimum Gasteiger partial charge on any atom is -0.497 e. The van der Waals surface area contributed by atoms with Crippen LogP contribution in [-0.4, -0.2) is 27.8 Å². The largest absolute Gasteiger partial charge is 0.497 e. The molecule has 2 aromatic heterocycles. The van der Waals surface area contributed by atoms with E-state index in [9.17, 15) is 9.18 Å². The fraction of sp³-hybridized carbons (Fsp3) is 0.174. The van der Waals surface area contributed by atoms with E-state index in [0.717, 1.165) is 5.56 Å². The predicted molar refractivity (Wildman–Crippen MR) is 114 cm³/mol. The average Bonchev–Trinajstić information content (AvgIpc) is 3.03. The van der Waals surface area contributed by atoms with Crippen LogP contribution < -0.4 is 10.1 Å². The molecule has 30 heavy (non-hydrogen) atoms. The first kappa shape index (κ1) is 19.6. The molecule has 0 aliphatic heterocycles. The summed E-state index contributed by atoms with van der Waals surface area (Å²) in [5, 5.41) is 7.87. The molecular formula is C23H21FN4O2. The first-order chi connectivity index (χ1) is 14.4.